The molecule has 0 radical (unpaired) electrons. The summed E-state index contributed by atoms with van der Waals surface area (Å²) in [5, 5.41) is 2.62. The third-order valence-electron chi connectivity index (χ3n) is 6.51. The van der Waals surface area contributed by atoms with Crippen molar-refractivity contribution < 1.29 is 28.2 Å². The molecular weight excluding hydrogens is 467 g/mol. The molecule has 2 saturated heterocycles. The molecule has 192 valence electrons. The van der Waals surface area contributed by atoms with Crippen LogP contribution in [-0.4, -0.2) is 69.9 Å². The zero-order valence-corrected chi connectivity index (χ0v) is 20.6. The lowest BCUT2D eigenvalue weighted by molar-refractivity contribution is -0.122. The molecular formula is C26H31FN4O5. The average molecular weight is 499 g/mol. The monoisotopic (exact) mass is 498 g/mol. The third-order valence-corrected chi connectivity index (χ3v) is 6.51. The average Bonchev–Trinajstić information content (AvgIpc) is 3.41. The largest absolute Gasteiger partial charge is 0.442 e. The molecule has 2 aliphatic heterocycles. The first-order valence-corrected chi connectivity index (χ1v) is 11.9. The van der Waals surface area contributed by atoms with Gasteiger partial charge in [0.1, 0.15) is 18.5 Å². The second-order valence-corrected chi connectivity index (χ2v) is 9.17. The molecule has 0 unspecified atom stereocenters. The van der Waals surface area contributed by atoms with E-state index in [-0.39, 0.29) is 43.5 Å². The van der Waals surface area contributed by atoms with Gasteiger partial charge in [-0.15, -0.1) is 0 Å². The van der Waals surface area contributed by atoms with E-state index in [2.05, 4.69) is 5.32 Å². The topological polar surface area (TPSA) is 91.4 Å². The van der Waals surface area contributed by atoms with Gasteiger partial charge in [0, 0.05) is 32.8 Å². The van der Waals surface area contributed by atoms with Crippen LogP contribution in [0, 0.1) is 11.7 Å². The maximum Gasteiger partial charge on any atom is 0.414 e. The molecule has 9 nitrogen and oxygen atoms in total. The van der Waals surface area contributed by atoms with E-state index < -0.39 is 18.0 Å². The van der Waals surface area contributed by atoms with E-state index in [1.807, 2.05) is 42.2 Å². The Morgan fingerprint density at radius 1 is 1.17 bits per heavy atom. The number of hydrogen-bond donors (Lipinski definition) is 1. The van der Waals surface area contributed by atoms with Gasteiger partial charge in [0.15, 0.2) is 0 Å². The first-order chi connectivity index (χ1) is 17.3. The highest BCUT2D eigenvalue weighted by molar-refractivity contribution is 5.95. The number of halogens is 1. The first-order valence-electron chi connectivity index (χ1n) is 11.9. The van der Waals surface area contributed by atoms with Crippen molar-refractivity contribution in [1.82, 2.24) is 5.32 Å². The Hall–Kier alpha value is -3.66. The Kier molecular flexibility index (Phi) is 7.73. The van der Waals surface area contributed by atoms with Crippen LogP contribution in [0.2, 0.25) is 0 Å². The lowest BCUT2D eigenvalue weighted by Crippen LogP contribution is -2.46. The van der Waals surface area contributed by atoms with Crippen molar-refractivity contribution in [1.29, 1.82) is 0 Å². The number of hydrogen-bond acceptors (Lipinski definition) is 6. The molecule has 3 atom stereocenters. The quantitative estimate of drug-likeness (QED) is 0.602. The zero-order chi connectivity index (χ0) is 25.8. The van der Waals surface area contributed by atoms with Crippen LogP contribution in [-0.2, 0) is 19.1 Å². The van der Waals surface area contributed by atoms with Crippen LogP contribution in [0.4, 0.5) is 26.2 Å². The number of ether oxygens (including phenoxy) is 2. The molecule has 10 heteroatoms. The summed E-state index contributed by atoms with van der Waals surface area (Å²) in [4.78, 5) is 41.4. The Balaban J connectivity index is 1.50. The second kappa shape index (κ2) is 10.9. The van der Waals surface area contributed by atoms with Gasteiger partial charge >= 0.3 is 6.09 Å². The van der Waals surface area contributed by atoms with Crippen LogP contribution in [0.25, 0.3) is 0 Å². The van der Waals surface area contributed by atoms with Crippen LogP contribution < -0.4 is 20.0 Å². The van der Waals surface area contributed by atoms with Crippen molar-refractivity contribution in [2.45, 2.75) is 26.0 Å². The number of cyclic esters (lactones) is 1. The van der Waals surface area contributed by atoms with E-state index in [1.54, 1.807) is 17.0 Å². The van der Waals surface area contributed by atoms with Crippen molar-refractivity contribution in [3.63, 3.8) is 0 Å². The minimum Gasteiger partial charge on any atom is -0.442 e. The number of para-hydroxylation sites is 1. The Morgan fingerprint density at radius 2 is 1.92 bits per heavy atom. The normalized spacial score (nSPS) is 21.4. The molecule has 0 bridgehead atoms. The molecule has 2 aromatic carbocycles. The fourth-order valence-electron chi connectivity index (χ4n) is 4.80. The predicted octanol–water partition coefficient (Wildman–Crippen LogP) is 2.79. The summed E-state index contributed by atoms with van der Waals surface area (Å²) >= 11 is 0. The molecule has 2 fully saturated rings. The van der Waals surface area contributed by atoms with E-state index in [0.717, 1.165) is 5.69 Å². The molecule has 3 amide bonds. The highest BCUT2D eigenvalue weighted by Gasteiger charge is 2.38. The van der Waals surface area contributed by atoms with E-state index >= 15 is 4.39 Å². The lowest BCUT2D eigenvalue weighted by atomic mass is 10.0. The smallest absolute Gasteiger partial charge is 0.414 e. The van der Waals surface area contributed by atoms with Gasteiger partial charge in [-0.25, -0.2) is 9.18 Å². The molecule has 0 saturated carbocycles. The summed E-state index contributed by atoms with van der Waals surface area (Å²) in [5.74, 6) is -0.756. The van der Waals surface area contributed by atoms with E-state index in [1.165, 1.54) is 25.0 Å². The maximum atomic E-state index is 15.3. The van der Waals surface area contributed by atoms with Crippen LogP contribution >= 0.6 is 0 Å². The second-order valence-electron chi connectivity index (χ2n) is 9.17. The summed E-state index contributed by atoms with van der Waals surface area (Å²) in [6.45, 7) is 4.82. The van der Waals surface area contributed by atoms with E-state index in [4.69, 9.17) is 9.47 Å². The van der Waals surface area contributed by atoms with Gasteiger partial charge in [0.05, 0.1) is 30.5 Å². The van der Waals surface area contributed by atoms with Gasteiger partial charge in [-0.2, -0.15) is 0 Å². The summed E-state index contributed by atoms with van der Waals surface area (Å²) in [6.07, 6.45) is -1.08. The Bertz CT molecular complexity index is 1110. The van der Waals surface area contributed by atoms with Crippen molar-refractivity contribution >= 4 is 35.0 Å². The summed E-state index contributed by atoms with van der Waals surface area (Å²) < 4.78 is 25.7. The van der Waals surface area contributed by atoms with Gasteiger partial charge < -0.3 is 24.6 Å². The molecule has 0 aliphatic carbocycles. The fraction of sp³-hybridized carbons (Fsp3) is 0.423. The minimum atomic E-state index is -0.581. The Labute approximate surface area is 209 Å². The van der Waals surface area contributed by atoms with Gasteiger partial charge in [-0.1, -0.05) is 25.1 Å². The van der Waals surface area contributed by atoms with Gasteiger partial charge in [0.2, 0.25) is 5.91 Å². The van der Waals surface area contributed by atoms with Crippen molar-refractivity contribution in [3.8, 4) is 0 Å². The first kappa shape index (κ1) is 25.4. The number of benzene rings is 2. The number of rotatable bonds is 8. The van der Waals surface area contributed by atoms with Crippen LogP contribution in [0.15, 0.2) is 48.5 Å². The molecule has 1 N–H and O–H groups in total. The highest BCUT2D eigenvalue weighted by atomic mass is 19.1. The summed E-state index contributed by atoms with van der Waals surface area (Å²) in [6, 6.07) is 13.9. The number of carbonyl (C=O) groups is 3. The summed E-state index contributed by atoms with van der Waals surface area (Å²) in [5.41, 5.74) is 1.56. The number of nitrogens with zero attached hydrogens (tertiary/aromatic N) is 3. The summed E-state index contributed by atoms with van der Waals surface area (Å²) in [7, 11) is 1.49. The number of anilines is 3. The molecule has 2 heterocycles. The molecule has 36 heavy (non-hydrogen) atoms. The van der Waals surface area contributed by atoms with E-state index in [9.17, 15) is 14.4 Å². The maximum absolute atomic E-state index is 15.3. The third kappa shape index (κ3) is 5.43. The number of nitrogens with one attached hydrogen (secondary N) is 1. The van der Waals surface area contributed by atoms with Crippen molar-refractivity contribution in [2.24, 2.45) is 5.92 Å². The van der Waals surface area contributed by atoms with E-state index in [0.29, 0.717) is 24.5 Å². The number of carbonyl (C=O) groups excluding carboxylic acids is 3. The lowest BCUT2D eigenvalue weighted by Gasteiger charge is -2.31. The van der Waals surface area contributed by atoms with Crippen molar-refractivity contribution in [3.05, 3.63) is 54.3 Å². The molecule has 2 aromatic rings. The Morgan fingerprint density at radius 3 is 2.58 bits per heavy atom. The van der Waals surface area contributed by atoms with Crippen LogP contribution in [0.5, 0.6) is 0 Å². The van der Waals surface area contributed by atoms with Crippen LogP contribution in [0.1, 0.15) is 13.8 Å². The SMILES string of the molecule is COCC(=O)N(c1ccccc1)[C@H]1CN(c2ccc(N3C[C@H](CNC(C)=O)OC3=O)cc2F)C[C@H]1C. The number of amides is 3. The number of methoxy groups -OCH3 is 1. The standard InChI is InChI=1S/C26H31FN4O5/c1-17-13-29(15-24(17)31(25(33)16-35-3)19-7-5-4-6-8-19)23-10-9-20(11-22(23)27)30-14-21(36-26(30)34)12-28-18(2)32/h4-11,17,21,24H,12-16H2,1-3H3,(H,28,32)/t17-,21+,24+/m1/s1. The molecule has 2 aliphatic rings. The molecule has 4 rings (SSSR count). The fourth-order valence-corrected chi connectivity index (χ4v) is 4.80. The van der Waals surface area contributed by atoms with Crippen LogP contribution in [0.3, 0.4) is 0 Å². The predicted molar refractivity (Wildman–Crippen MR) is 134 cm³/mol. The van der Waals surface area contributed by atoms with Gasteiger partial charge in [-0.05, 0) is 36.2 Å². The minimum absolute atomic E-state index is 0.0456. The molecule has 0 spiro atoms. The molecule has 0 aromatic heterocycles. The van der Waals surface area contributed by atoms with Gasteiger partial charge in [-0.3, -0.25) is 14.5 Å². The zero-order valence-electron chi connectivity index (χ0n) is 20.6. The van der Waals surface area contributed by atoms with Gasteiger partial charge in [0.25, 0.3) is 5.91 Å². The van der Waals surface area contributed by atoms with Crippen molar-refractivity contribution in [2.75, 3.05) is 54.6 Å². The highest BCUT2D eigenvalue weighted by Crippen LogP contribution is 2.34.